The van der Waals surface area contributed by atoms with E-state index in [2.05, 4.69) is 73.2 Å². The lowest BCUT2D eigenvalue weighted by molar-refractivity contribution is 0.0219. The first-order valence-corrected chi connectivity index (χ1v) is 21.4. The lowest BCUT2D eigenvalue weighted by Gasteiger charge is -2.34. The van der Waals surface area contributed by atoms with Crippen LogP contribution in [0.1, 0.15) is 88.0 Å². The van der Waals surface area contributed by atoms with E-state index in [1.54, 1.807) is 37.4 Å². The molecule has 60 heavy (non-hydrogen) atoms. The van der Waals surface area contributed by atoms with E-state index in [4.69, 9.17) is 28.9 Å². The molecule has 0 radical (unpaired) electrons. The number of benzene rings is 2. The fraction of sp³-hybridized carbons (Fsp3) is 0.500. The number of methoxy groups -OCH3 is 2. The molecule has 2 fully saturated rings. The zero-order valence-electron chi connectivity index (χ0n) is 37.0. The molecule has 2 saturated carbocycles. The zero-order chi connectivity index (χ0) is 42.8. The van der Waals surface area contributed by atoms with Gasteiger partial charge in [0.2, 0.25) is 0 Å². The van der Waals surface area contributed by atoms with E-state index in [-0.39, 0.29) is 23.3 Å². The average molecular weight is 819 g/mol. The summed E-state index contributed by atoms with van der Waals surface area (Å²) < 4.78 is 30.6. The zero-order valence-corrected chi connectivity index (χ0v) is 37.0. The summed E-state index contributed by atoms with van der Waals surface area (Å²) in [5.74, 6) is 3.09. The van der Waals surface area contributed by atoms with Gasteiger partial charge in [-0.3, -0.25) is 9.59 Å². The molecule has 2 aliphatic carbocycles. The standard InChI is InChI=1S/2C24H31N3O3/c2*1-15(2)30-9-8-27-22-13-17(19-10-16(3)24(28)26(4)14-19)6-7-21(22)25-23(27)18-11-20(12-18)29-5/h2*6-7,10,13-15,18,20H,8-9,11-12H2,1-5H3. The van der Waals surface area contributed by atoms with Gasteiger partial charge < -0.3 is 37.2 Å². The largest absolute Gasteiger partial charge is 0.381 e. The predicted molar refractivity (Wildman–Crippen MR) is 238 cm³/mol. The van der Waals surface area contributed by atoms with Crippen molar-refractivity contribution in [1.29, 1.82) is 0 Å². The van der Waals surface area contributed by atoms with Gasteiger partial charge in [-0.05, 0) is 126 Å². The second kappa shape index (κ2) is 18.4. The average Bonchev–Trinajstić information content (AvgIpc) is 3.71. The number of imidazole rings is 2. The van der Waals surface area contributed by atoms with E-state index >= 15 is 0 Å². The maximum Gasteiger partial charge on any atom is 0.253 e. The van der Waals surface area contributed by atoms with Crippen molar-refractivity contribution in [3.8, 4) is 22.3 Å². The maximum absolute atomic E-state index is 12.1. The Labute approximate surface area is 353 Å². The number of ether oxygens (including phenoxy) is 4. The Kier molecular flexibility index (Phi) is 13.2. The molecule has 6 aromatic rings. The number of fused-ring (bicyclic) bond motifs is 2. The van der Waals surface area contributed by atoms with Gasteiger partial charge >= 0.3 is 0 Å². The lowest BCUT2D eigenvalue weighted by Crippen LogP contribution is -2.31. The summed E-state index contributed by atoms with van der Waals surface area (Å²) in [7, 11) is 7.15. The van der Waals surface area contributed by atoms with Gasteiger partial charge in [-0.15, -0.1) is 0 Å². The molecule has 4 heterocycles. The van der Waals surface area contributed by atoms with Crippen molar-refractivity contribution in [3.63, 3.8) is 0 Å². The molecule has 320 valence electrons. The quantitative estimate of drug-likeness (QED) is 0.108. The normalized spacial score (nSPS) is 18.9. The summed E-state index contributed by atoms with van der Waals surface area (Å²) in [5, 5.41) is 0. The highest BCUT2D eigenvalue weighted by Crippen LogP contribution is 2.41. The molecule has 0 aliphatic heterocycles. The SMILES string of the molecule is COC1CC(c2nc3ccc(-c4cc(C)c(=O)n(C)c4)cc3n2CCOC(C)C)C1.COC1CC(c2nc3ccc(-c4cc(C)c(=O)n(C)c4)cc3n2CCOC(C)C)C1. The molecule has 8 rings (SSSR count). The van der Waals surface area contributed by atoms with Crippen molar-refractivity contribution < 1.29 is 18.9 Å². The van der Waals surface area contributed by atoms with Crippen molar-refractivity contribution >= 4 is 22.1 Å². The van der Waals surface area contributed by atoms with Crippen LogP contribution in [0.4, 0.5) is 0 Å². The molecule has 2 aromatic carbocycles. The van der Waals surface area contributed by atoms with Gasteiger partial charge in [-0.25, -0.2) is 9.97 Å². The van der Waals surface area contributed by atoms with Crippen molar-refractivity contribution in [3.05, 3.63) is 104 Å². The topological polar surface area (TPSA) is 117 Å². The van der Waals surface area contributed by atoms with Crippen LogP contribution in [0.3, 0.4) is 0 Å². The third kappa shape index (κ3) is 9.22. The van der Waals surface area contributed by atoms with Crippen molar-refractivity contribution in [2.45, 2.75) is 117 Å². The Morgan fingerprint density at radius 3 is 1.32 bits per heavy atom. The van der Waals surface area contributed by atoms with Gasteiger partial charge in [0.05, 0.1) is 59.7 Å². The Balaban J connectivity index is 0.000000181. The summed E-state index contributed by atoms with van der Waals surface area (Å²) in [6.45, 7) is 14.8. The van der Waals surface area contributed by atoms with Crippen LogP contribution in [-0.2, 0) is 46.1 Å². The molecule has 2 aliphatic rings. The molecule has 0 amide bonds. The number of aromatic nitrogens is 6. The van der Waals surface area contributed by atoms with E-state index < -0.39 is 0 Å². The van der Waals surface area contributed by atoms with Gasteiger partial charge in [0.1, 0.15) is 11.6 Å². The van der Waals surface area contributed by atoms with Crippen LogP contribution in [0.25, 0.3) is 44.3 Å². The number of nitrogens with zero attached hydrogens (tertiary/aromatic N) is 6. The molecule has 0 saturated heterocycles. The lowest BCUT2D eigenvalue weighted by atomic mass is 9.81. The molecule has 0 atom stereocenters. The molecule has 0 unspecified atom stereocenters. The number of hydrogen-bond acceptors (Lipinski definition) is 8. The smallest absolute Gasteiger partial charge is 0.253 e. The van der Waals surface area contributed by atoms with E-state index in [1.807, 2.05) is 38.4 Å². The highest BCUT2D eigenvalue weighted by Gasteiger charge is 2.35. The molecule has 0 bridgehead atoms. The van der Waals surface area contributed by atoms with Crippen LogP contribution in [0.2, 0.25) is 0 Å². The van der Waals surface area contributed by atoms with Crippen LogP contribution in [0.5, 0.6) is 0 Å². The summed E-state index contributed by atoms with van der Waals surface area (Å²) in [4.78, 5) is 34.1. The highest BCUT2D eigenvalue weighted by atomic mass is 16.5. The Morgan fingerprint density at radius 2 is 0.983 bits per heavy atom. The Morgan fingerprint density at radius 1 is 0.600 bits per heavy atom. The summed E-state index contributed by atoms with van der Waals surface area (Å²) in [6, 6.07) is 16.6. The summed E-state index contributed by atoms with van der Waals surface area (Å²) in [5.41, 5.74) is 10.0. The highest BCUT2D eigenvalue weighted by molar-refractivity contribution is 5.84. The van der Waals surface area contributed by atoms with E-state index in [0.717, 1.165) is 106 Å². The minimum Gasteiger partial charge on any atom is -0.381 e. The van der Waals surface area contributed by atoms with E-state index in [1.165, 1.54) is 0 Å². The molecule has 4 aromatic heterocycles. The van der Waals surface area contributed by atoms with Gasteiger partial charge in [-0.1, -0.05) is 12.1 Å². The molecule has 0 spiro atoms. The predicted octanol–water partition coefficient (Wildman–Crippen LogP) is 8.06. The Bertz CT molecular complexity index is 2340. The minimum absolute atomic E-state index is 0.0377. The van der Waals surface area contributed by atoms with Gasteiger partial charge in [-0.2, -0.15) is 0 Å². The first-order chi connectivity index (χ1) is 28.7. The van der Waals surface area contributed by atoms with Crippen LogP contribution >= 0.6 is 0 Å². The molecule has 0 N–H and O–H groups in total. The fourth-order valence-corrected chi connectivity index (χ4v) is 8.50. The van der Waals surface area contributed by atoms with Crippen molar-refractivity contribution in [2.75, 3.05) is 27.4 Å². The molecular formula is C48H62N6O6. The molecule has 12 nitrogen and oxygen atoms in total. The second-order valence-corrected chi connectivity index (χ2v) is 17.2. The second-order valence-electron chi connectivity index (χ2n) is 17.2. The number of aryl methyl sites for hydroxylation is 4. The van der Waals surface area contributed by atoms with Gasteiger partial charge in [0.25, 0.3) is 11.1 Å². The Hall–Kier alpha value is -4.88. The number of rotatable bonds is 14. The van der Waals surface area contributed by atoms with Crippen LogP contribution in [0, 0.1) is 13.8 Å². The molecular weight excluding hydrogens is 757 g/mol. The monoisotopic (exact) mass is 818 g/mol. The van der Waals surface area contributed by atoms with Crippen LogP contribution < -0.4 is 11.1 Å². The number of hydrogen-bond donors (Lipinski definition) is 0. The first kappa shape index (κ1) is 43.2. The van der Waals surface area contributed by atoms with Crippen LogP contribution in [-0.4, -0.2) is 80.1 Å². The number of pyridine rings is 2. The van der Waals surface area contributed by atoms with E-state index in [0.29, 0.717) is 37.3 Å². The van der Waals surface area contributed by atoms with E-state index in [9.17, 15) is 9.59 Å². The third-order valence-corrected chi connectivity index (χ3v) is 12.1. The van der Waals surface area contributed by atoms with Crippen molar-refractivity contribution in [2.24, 2.45) is 14.1 Å². The maximum atomic E-state index is 12.1. The fourth-order valence-electron chi connectivity index (χ4n) is 8.50. The van der Waals surface area contributed by atoms with Gasteiger partial charge in [0.15, 0.2) is 0 Å². The minimum atomic E-state index is 0.0377. The van der Waals surface area contributed by atoms with Gasteiger partial charge in [0, 0.05) is 76.8 Å². The summed E-state index contributed by atoms with van der Waals surface area (Å²) in [6.07, 6.45) is 8.91. The first-order valence-electron chi connectivity index (χ1n) is 21.4. The van der Waals surface area contributed by atoms with Crippen LogP contribution in [0.15, 0.2) is 70.5 Å². The van der Waals surface area contributed by atoms with Crippen molar-refractivity contribution in [1.82, 2.24) is 28.2 Å². The third-order valence-electron chi connectivity index (χ3n) is 12.1. The summed E-state index contributed by atoms with van der Waals surface area (Å²) >= 11 is 0. The molecule has 12 heteroatoms.